The van der Waals surface area contributed by atoms with Gasteiger partial charge in [-0.05, 0) is 31.4 Å². The number of carboxylic acid groups (broad SMARTS) is 1. The highest BCUT2D eigenvalue weighted by atomic mass is 19.1. The molecule has 0 amide bonds. The number of benzene rings is 1. The lowest BCUT2D eigenvalue weighted by Crippen LogP contribution is -2.13. The first-order valence-corrected chi connectivity index (χ1v) is 4.90. The molecule has 0 saturated carbocycles. The smallest absolute Gasteiger partial charge is 0.303 e. The van der Waals surface area contributed by atoms with Crippen LogP contribution in [0.3, 0.4) is 0 Å². The van der Waals surface area contributed by atoms with E-state index in [1.807, 2.05) is 0 Å². The third-order valence-corrected chi connectivity index (χ3v) is 2.27. The highest BCUT2D eigenvalue weighted by molar-refractivity contribution is 5.67. The summed E-state index contributed by atoms with van der Waals surface area (Å²) in [5.74, 6) is -0.860. The van der Waals surface area contributed by atoms with Crippen LogP contribution in [0.5, 0.6) is 0 Å². The van der Waals surface area contributed by atoms with Crippen LogP contribution < -0.4 is 0 Å². The first-order valence-electron chi connectivity index (χ1n) is 4.90. The van der Waals surface area contributed by atoms with E-state index >= 15 is 0 Å². The molecule has 1 aromatic rings. The Morgan fingerprint density at radius 3 is 2.53 bits per heavy atom. The zero-order valence-corrected chi connectivity index (χ0v) is 8.96. The zero-order chi connectivity index (χ0) is 11.5. The number of alkyl halides is 1. The number of aliphatic carboxylic acids is 1. The summed E-state index contributed by atoms with van der Waals surface area (Å²) in [6.07, 6.45) is 0.409. The molecule has 0 heterocycles. The normalized spacial score (nSPS) is 11.4. The van der Waals surface area contributed by atoms with Gasteiger partial charge in [-0.1, -0.05) is 24.3 Å². The molecule has 0 unspecified atom stereocenters. The summed E-state index contributed by atoms with van der Waals surface area (Å²) in [5.41, 5.74) is -0.0756. The van der Waals surface area contributed by atoms with Crippen LogP contribution in [0.4, 0.5) is 4.39 Å². The highest BCUT2D eigenvalue weighted by Crippen LogP contribution is 2.28. The second-order valence-electron chi connectivity index (χ2n) is 4.02. The van der Waals surface area contributed by atoms with E-state index in [-0.39, 0.29) is 6.42 Å². The number of hydrogen-bond acceptors (Lipinski definition) is 1. The fraction of sp³-hybridized carbons (Fsp3) is 0.417. The highest BCUT2D eigenvalue weighted by Gasteiger charge is 2.21. The van der Waals surface area contributed by atoms with Gasteiger partial charge < -0.3 is 5.11 Å². The molecule has 0 aliphatic heterocycles. The van der Waals surface area contributed by atoms with Crippen molar-refractivity contribution in [2.24, 2.45) is 0 Å². The molecule has 0 atom stereocenters. The van der Waals surface area contributed by atoms with Gasteiger partial charge in [-0.25, -0.2) is 4.39 Å². The van der Waals surface area contributed by atoms with Gasteiger partial charge in [0.2, 0.25) is 0 Å². The Morgan fingerprint density at radius 1 is 1.40 bits per heavy atom. The molecule has 15 heavy (non-hydrogen) atoms. The number of rotatable bonds is 4. The number of carboxylic acids is 1. The zero-order valence-electron chi connectivity index (χ0n) is 8.96. The van der Waals surface area contributed by atoms with Crippen molar-refractivity contribution in [2.45, 2.75) is 32.4 Å². The standard InChI is InChI=1S/C12H15FO2/c1-12(2,13)10-6-4-3-5-9(10)7-8-11(14)15/h3-6H,7-8H2,1-2H3,(H,14,15). The van der Waals surface area contributed by atoms with Gasteiger partial charge in [-0.15, -0.1) is 0 Å². The Morgan fingerprint density at radius 2 is 2.00 bits per heavy atom. The average molecular weight is 210 g/mol. The van der Waals surface area contributed by atoms with Crippen molar-refractivity contribution in [3.8, 4) is 0 Å². The van der Waals surface area contributed by atoms with Gasteiger partial charge in [0.25, 0.3) is 0 Å². The van der Waals surface area contributed by atoms with Gasteiger partial charge in [-0.2, -0.15) is 0 Å². The third kappa shape index (κ3) is 3.35. The largest absolute Gasteiger partial charge is 0.481 e. The molecule has 0 radical (unpaired) electrons. The molecule has 2 nitrogen and oxygen atoms in total. The summed E-state index contributed by atoms with van der Waals surface area (Å²) >= 11 is 0. The Bertz CT molecular complexity index is 353. The van der Waals surface area contributed by atoms with Crippen LogP contribution in [0.25, 0.3) is 0 Å². The summed E-state index contributed by atoms with van der Waals surface area (Å²) in [5, 5.41) is 8.57. The second kappa shape index (κ2) is 4.43. The lowest BCUT2D eigenvalue weighted by Gasteiger charge is -2.18. The fourth-order valence-electron chi connectivity index (χ4n) is 1.56. The molecule has 0 aliphatic carbocycles. The van der Waals surface area contributed by atoms with Gasteiger partial charge in [0.15, 0.2) is 0 Å². The Kier molecular flexibility index (Phi) is 3.45. The number of carbonyl (C=O) groups is 1. The topological polar surface area (TPSA) is 37.3 Å². The molecule has 1 aromatic carbocycles. The fourth-order valence-corrected chi connectivity index (χ4v) is 1.56. The van der Waals surface area contributed by atoms with E-state index in [4.69, 9.17) is 5.11 Å². The van der Waals surface area contributed by atoms with Crippen molar-refractivity contribution in [3.63, 3.8) is 0 Å². The second-order valence-corrected chi connectivity index (χ2v) is 4.02. The summed E-state index contributed by atoms with van der Waals surface area (Å²) in [7, 11) is 0. The molecule has 1 N–H and O–H groups in total. The minimum atomic E-state index is -1.42. The number of aryl methyl sites for hydroxylation is 1. The maximum absolute atomic E-state index is 13.8. The Hall–Kier alpha value is -1.38. The van der Waals surface area contributed by atoms with E-state index < -0.39 is 11.6 Å². The lowest BCUT2D eigenvalue weighted by atomic mass is 9.92. The van der Waals surface area contributed by atoms with Crippen molar-refractivity contribution < 1.29 is 14.3 Å². The monoisotopic (exact) mass is 210 g/mol. The van der Waals surface area contributed by atoms with Crippen molar-refractivity contribution in [1.29, 1.82) is 0 Å². The van der Waals surface area contributed by atoms with Crippen molar-refractivity contribution in [2.75, 3.05) is 0 Å². The summed E-state index contributed by atoms with van der Waals surface area (Å²) in [6, 6.07) is 7.05. The molecular formula is C12H15FO2. The van der Waals surface area contributed by atoms with Gasteiger partial charge in [0, 0.05) is 6.42 Å². The van der Waals surface area contributed by atoms with Crippen molar-refractivity contribution in [1.82, 2.24) is 0 Å². The minimum absolute atomic E-state index is 0.0348. The first kappa shape index (κ1) is 11.7. The Labute approximate surface area is 88.7 Å². The quantitative estimate of drug-likeness (QED) is 0.829. The van der Waals surface area contributed by atoms with E-state index in [2.05, 4.69) is 0 Å². The van der Waals surface area contributed by atoms with Crippen LogP contribution in [-0.2, 0) is 16.9 Å². The van der Waals surface area contributed by atoms with Gasteiger partial charge in [0.1, 0.15) is 5.67 Å². The van der Waals surface area contributed by atoms with Gasteiger partial charge in [-0.3, -0.25) is 4.79 Å². The summed E-state index contributed by atoms with van der Waals surface area (Å²) in [6.45, 7) is 2.96. The van der Waals surface area contributed by atoms with E-state index in [1.165, 1.54) is 13.8 Å². The minimum Gasteiger partial charge on any atom is -0.481 e. The first-order chi connectivity index (χ1) is 6.91. The van der Waals surface area contributed by atoms with E-state index in [1.54, 1.807) is 24.3 Å². The SMILES string of the molecule is CC(C)(F)c1ccccc1CCC(=O)O. The summed E-state index contributed by atoms with van der Waals surface area (Å²) < 4.78 is 13.8. The molecular weight excluding hydrogens is 195 g/mol. The average Bonchev–Trinajstić information content (AvgIpc) is 2.13. The van der Waals surface area contributed by atoms with Crippen LogP contribution in [-0.4, -0.2) is 11.1 Å². The third-order valence-electron chi connectivity index (χ3n) is 2.27. The molecule has 0 bridgehead atoms. The molecule has 0 aromatic heterocycles. The molecule has 0 spiro atoms. The number of hydrogen-bond donors (Lipinski definition) is 1. The Balaban J connectivity index is 2.92. The number of halogens is 1. The molecule has 0 fully saturated rings. The van der Waals surface area contributed by atoms with Crippen LogP contribution >= 0.6 is 0 Å². The van der Waals surface area contributed by atoms with Crippen molar-refractivity contribution >= 4 is 5.97 Å². The molecule has 82 valence electrons. The van der Waals surface area contributed by atoms with Gasteiger partial charge in [0.05, 0.1) is 0 Å². The van der Waals surface area contributed by atoms with E-state index in [0.717, 1.165) is 5.56 Å². The van der Waals surface area contributed by atoms with Crippen LogP contribution in [0, 0.1) is 0 Å². The van der Waals surface area contributed by atoms with E-state index in [9.17, 15) is 9.18 Å². The molecule has 3 heteroatoms. The lowest BCUT2D eigenvalue weighted by molar-refractivity contribution is -0.136. The predicted octanol–water partition coefficient (Wildman–Crippen LogP) is 2.91. The molecule has 0 aliphatic rings. The molecule has 1 rings (SSSR count). The van der Waals surface area contributed by atoms with Crippen LogP contribution in [0.2, 0.25) is 0 Å². The predicted molar refractivity (Wildman–Crippen MR) is 56.5 cm³/mol. The van der Waals surface area contributed by atoms with Crippen molar-refractivity contribution in [3.05, 3.63) is 35.4 Å². The van der Waals surface area contributed by atoms with Crippen LogP contribution in [0.15, 0.2) is 24.3 Å². The van der Waals surface area contributed by atoms with Gasteiger partial charge >= 0.3 is 5.97 Å². The maximum atomic E-state index is 13.8. The van der Waals surface area contributed by atoms with E-state index in [0.29, 0.717) is 12.0 Å². The summed E-state index contributed by atoms with van der Waals surface area (Å²) in [4.78, 5) is 10.4. The van der Waals surface area contributed by atoms with Crippen LogP contribution in [0.1, 0.15) is 31.4 Å². The maximum Gasteiger partial charge on any atom is 0.303 e. The molecule has 0 saturated heterocycles.